The highest BCUT2D eigenvalue weighted by Crippen LogP contribution is 2.41. The van der Waals surface area contributed by atoms with Crippen LogP contribution in [0.2, 0.25) is 10.2 Å². The van der Waals surface area contributed by atoms with Crippen molar-refractivity contribution in [1.82, 2.24) is 9.97 Å². The van der Waals surface area contributed by atoms with Crippen LogP contribution >= 0.6 is 34.5 Å². The van der Waals surface area contributed by atoms with Gasteiger partial charge in [0.2, 0.25) is 0 Å². The zero-order chi connectivity index (χ0) is 23.0. The molecule has 0 amide bonds. The number of aromatic nitrogens is 2. The third-order valence-electron chi connectivity index (χ3n) is 6.31. The maximum atomic E-state index is 6.97. The van der Waals surface area contributed by atoms with Gasteiger partial charge in [0.15, 0.2) is 0 Å². The van der Waals surface area contributed by atoms with Crippen molar-refractivity contribution >= 4 is 45.4 Å². The lowest BCUT2D eigenvalue weighted by atomic mass is 9.71. The molecule has 5 aromatic rings. The Bertz CT molecular complexity index is 1430. The van der Waals surface area contributed by atoms with Crippen molar-refractivity contribution in [2.75, 3.05) is 0 Å². The maximum Gasteiger partial charge on any atom is 0.134 e. The van der Waals surface area contributed by atoms with Crippen LogP contribution in [0.25, 0.3) is 10.9 Å². The molecule has 0 spiro atoms. The summed E-state index contributed by atoms with van der Waals surface area (Å²) >= 11 is 15.2. The Balaban J connectivity index is 1.72. The van der Waals surface area contributed by atoms with Crippen LogP contribution in [-0.4, -0.2) is 9.97 Å². The molecule has 0 fully saturated rings. The second-order valence-corrected chi connectivity index (χ2v) is 10.2. The molecule has 1 atom stereocenters. The van der Waals surface area contributed by atoms with E-state index in [0.29, 0.717) is 16.6 Å². The molecule has 5 rings (SSSR count). The maximum absolute atomic E-state index is 6.97. The Hall–Kier alpha value is -2.72. The van der Waals surface area contributed by atoms with Crippen LogP contribution in [0.15, 0.2) is 84.5 Å². The molecule has 0 saturated carbocycles. The Morgan fingerprint density at radius 2 is 1.73 bits per heavy atom. The van der Waals surface area contributed by atoms with Gasteiger partial charge >= 0.3 is 0 Å². The summed E-state index contributed by atoms with van der Waals surface area (Å²) in [7, 11) is 0. The lowest BCUT2D eigenvalue weighted by molar-refractivity contribution is 0.688. The van der Waals surface area contributed by atoms with E-state index in [1.807, 2.05) is 24.4 Å². The Kier molecular flexibility index (Phi) is 5.96. The molecule has 164 valence electrons. The van der Waals surface area contributed by atoms with E-state index in [1.54, 1.807) is 17.5 Å². The van der Waals surface area contributed by atoms with Crippen molar-refractivity contribution in [2.24, 2.45) is 0 Å². The molecule has 5 heteroatoms. The number of benzene rings is 2. The summed E-state index contributed by atoms with van der Waals surface area (Å²) < 4.78 is 0. The van der Waals surface area contributed by atoms with Crippen molar-refractivity contribution in [1.29, 1.82) is 0 Å². The largest absolute Gasteiger partial charge is 0.264 e. The van der Waals surface area contributed by atoms with E-state index in [1.165, 1.54) is 16.0 Å². The number of rotatable bonds is 5. The fourth-order valence-electron chi connectivity index (χ4n) is 4.40. The fraction of sp³-hybridized carbons (Fsp3) is 0.143. The summed E-state index contributed by atoms with van der Waals surface area (Å²) in [4.78, 5) is 10.3. The Morgan fingerprint density at radius 1 is 0.909 bits per heavy atom. The molecule has 0 aliphatic rings. The molecule has 2 aromatic carbocycles. The molecule has 0 bridgehead atoms. The van der Waals surface area contributed by atoms with E-state index in [0.717, 1.165) is 27.6 Å². The third kappa shape index (κ3) is 4.06. The number of hydrogen-bond acceptors (Lipinski definition) is 3. The fourth-order valence-corrected chi connectivity index (χ4v) is 5.72. The van der Waals surface area contributed by atoms with Crippen LogP contribution in [0, 0.1) is 6.92 Å². The molecule has 2 nitrogen and oxygen atoms in total. The first-order valence-corrected chi connectivity index (χ1v) is 12.4. The highest BCUT2D eigenvalue weighted by molar-refractivity contribution is 7.09. The molecule has 3 heterocycles. The Morgan fingerprint density at radius 3 is 2.45 bits per heavy atom. The van der Waals surface area contributed by atoms with Gasteiger partial charge in [-0.15, -0.1) is 11.3 Å². The first-order valence-electron chi connectivity index (χ1n) is 10.7. The van der Waals surface area contributed by atoms with Crippen molar-refractivity contribution in [3.63, 3.8) is 0 Å². The summed E-state index contributed by atoms with van der Waals surface area (Å²) in [6.45, 7) is 4.36. The summed E-state index contributed by atoms with van der Waals surface area (Å²) in [5.74, 6) is 0. The minimum Gasteiger partial charge on any atom is -0.264 e. The minimum absolute atomic E-state index is 0.411. The van der Waals surface area contributed by atoms with E-state index in [9.17, 15) is 0 Å². The zero-order valence-electron chi connectivity index (χ0n) is 18.3. The average Bonchev–Trinajstić information content (AvgIpc) is 3.35. The van der Waals surface area contributed by atoms with Gasteiger partial charge < -0.3 is 0 Å². The van der Waals surface area contributed by atoms with Gasteiger partial charge in [-0.2, -0.15) is 0 Å². The van der Waals surface area contributed by atoms with Gasteiger partial charge in [0.05, 0.1) is 10.5 Å². The predicted molar refractivity (Wildman–Crippen MR) is 140 cm³/mol. The molecular formula is C28H22Cl2N2S. The van der Waals surface area contributed by atoms with Crippen LogP contribution in [0.1, 0.15) is 39.6 Å². The number of fused-ring (bicyclic) bond motifs is 1. The number of hydrogen-bond donors (Lipinski definition) is 0. The molecule has 3 aromatic heterocycles. The van der Waals surface area contributed by atoms with Gasteiger partial charge in [0.25, 0.3) is 0 Å². The lowest BCUT2D eigenvalue weighted by Crippen LogP contribution is -2.25. The van der Waals surface area contributed by atoms with Crippen LogP contribution in [0.3, 0.4) is 0 Å². The molecule has 1 unspecified atom stereocenters. The van der Waals surface area contributed by atoms with Crippen LogP contribution in [0.4, 0.5) is 0 Å². The number of halogens is 2. The standard InChI is InChI=1S/C28H22Cl2N2S/c1-18-6-3-7-19(14-18)28(2,21-8-4-12-31-17-21)20-10-11-25-23(15-20)26(29)24(27(30)32-25)16-22-9-5-13-33-22/h3-15,17H,16H2,1-2H3. The van der Waals surface area contributed by atoms with Crippen LogP contribution < -0.4 is 0 Å². The second-order valence-electron chi connectivity index (χ2n) is 8.42. The predicted octanol–water partition coefficient (Wildman–Crippen LogP) is 8.25. The normalized spacial score (nSPS) is 13.2. The Labute approximate surface area is 207 Å². The number of aryl methyl sites for hydroxylation is 1. The molecule has 0 saturated heterocycles. The first kappa shape index (κ1) is 22.1. The van der Waals surface area contributed by atoms with Gasteiger partial charge in [0, 0.05) is 40.1 Å². The topological polar surface area (TPSA) is 25.8 Å². The van der Waals surface area contributed by atoms with Gasteiger partial charge in [-0.05, 0) is 60.2 Å². The monoisotopic (exact) mass is 488 g/mol. The van der Waals surface area contributed by atoms with E-state index in [4.69, 9.17) is 23.2 Å². The van der Waals surface area contributed by atoms with E-state index in [-0.39, 0.29) is 0 Å². The molecule has 0 aliphatic carbocycles. The van der Waals surface area contributed by atoms with E-state index < -0.39 is 5.41 Å². The van der Waals surface area contributed by atoms with Gasteiger partial charge in [0.1, 0.15) is 5.15 Å². The highest BCUT2D eigenvalue weighted by atomic mass is 35.5. The van der Waals surface area contributed by atoms with E-state index in [2.05, 4.69) is 77.7 Å². The molecule has 0 aliphatic heterocycles. The minimum atomic E-state index is -0.411. The molecule has 0 radical (unpaired) electrons. The molecular weight excluding hydrogens is 467 g/mol. The van der Waals surface area contributed by atoms with E-state index >= 15 is 0 Å². The number of nitrogens with zero attached hydrogens (tertiary/aromatic N) is 2. The van der Waals surface area contributed by atoms with Crippen LogP contribution in [-0.2, 0) is 11.8 Å². The van der Waals surface area contributed by atoms with Gasteiger partial charge in [-0.3, -0.25) is 4.98 Å². The van der Waals surface area contributed by atoms with Crippen molar-refractivity contribution in [3.05, 3.63) is 127 Å². The second kappa shape index (κ2) is 8.90. The summed E-state index contributed by atoms with van der Waals surface area (Å²) in [5, 5.41) is 4.10. The van der Waals surface area contributed by atoms with Gasteiger partial charge in [-0.25, -0.2) is 4.98 Å². The van der Waals surface area contributed by atoms with Crippen molar-refractivity contribution in [2.45, 2.75) is 25.7 Å². The van der Waals surface area contributed by atoms with Gasteiger partial charge in [-0.1, -0.05) is 71.2 Å². The van der Waals surface area contributed by atoms with Crippen molar-refractivity contribution < 1.29 is 0 Å². The summed E-state index contributed by atoms with van der Waals surface area (Å²) in [6, 6.07) is 23.2. The SMILES string of the molecule is Cc1cccc(C(C)(c2cccnc2)c2ccc3nc(Cl)c(Cc4cccs4)c(Cl)c3c2)c1. The van der Waals surface area contributed by atoms with Crippen molar-refractivity contribution in [3.8, 4) is 0 Å². The smallest absolute Gasteiger partial charge is 0.134 e. The summed E-state index contributed by atoms with van der Waals surface area (Å²) in [6.07, 6.45) is 4.41. The van der Waals surface area contributed by atoms with Crippen LogP contribution in [0.5, 0.6) is 0 Å². The highest BCUT2D eigenvalue weighted by Gasteiger charge is 2.32. The quantitative estimate of drug-likeness (QED) is 0.232. The number of pyridine rings is 2. The number of thiophene rings is 1. The third-order valence-corrected chi connectivity index (χ3v) is 7.93. The summed E-state index contributed by atoms with van der Waals surface area (Å²) in [5.41, 5.74) is 5.91. The average molecular weight is 489 g/mol. The first-order chi connectivity index (χ1) is 16.0. The molecule has 0 N–H and O–H groups in total. The lowest BCUT2D eigenvalue weighted by Gasteiger charge is -2.32. The molecule has 33 heavy (non-hydrogen) atoms. The zero-order valence-corrected chi connectivity index (χ0v) is 20.7.